The highest BCUT2D eigenvalue weighted by molar-refractivity contribution is 7.71. The second kappa shape index (κ2) is 5.83. The third-order valence-electron chi connectivity index (χ3n) is 3.78. The van der Waals surface area contributed by atoms with E-state index >= 15 is 0 Å². The van der Waals surface area contributed by atoms with Gasteiger partial charge in [0.05, 0.1) is 12.6 Å². The summed E-state index contributed by atoms with van der Waals surface area (Å²) in [5.41, 5.74) is 1.42. The number of carbonyl (C=O) groups is 1. The number of hydrogen-bond acceptors (Lipinski definition) is 3. The van der Waals surface area contributed by atoms with Crippen LogP contribution in [0.4, 0.5) is 0 Å². The van der Waals surface area contributed by atoms with Crippen LogP contribution in [0.3, 0.4) is 0 Å². The molecule has 1 N–H and O–H groups in total. The van der Waals surface area contributed by atoms with Crippen LogP contribution >= 0.6 is 12.2 Å². The molecule has 0 radical (unpaired) electrons. The Morgan fingerprint density at radius 1 is 1.43 bits per heavy atom. The maximum Gasteiger partial charge on any atom is 0.272 e. The summed E-state index contributed by atoms with van der Waals surface area (Å²) in [7, 11) is 1.81. The summed E-state index contributed by atoms with van der Waals surface area (Å²) in [6.07, 6.45) is 2.54. The average molecular weight is 303 g/mol. The van der Waals surface area contributed by atoms with Crippen molar-refractivity contribution in [3.05, 3.63) is 47.0 Å². The van der Waals surface area contributed by atoms with Crippen molar-refractivity contribution in [2.45, 2.75) is 12.5 Å². The van der Waals surface area contributed by atoms with Gasteiger partial charge in [-0.2, -0.15) is 0 Å². The van der Waals surface area contributed by atoms with Crippen LogP contribution in [0.25, 0.3) is 5.69 Å². The Hall–Kier alpha value is -1.92. The highest BCUT2D eigenvalue weighted by Crippen LogP contribution is 2.17. The van der Waals surface area contributed by atoms with Crippen LogP contribution in [-0.4, -0.2) is 46.7 Å². The van der Waals surface area contributed by atoms with Crippen molar-refractivity contribution in [1.82, 2.24) is 14.5 Å². The molecule has 3 rings (SSSR count). The predicted molar refractivity (Wildman–Crippen MR) is 82.3 cm³/mol. The molecule has 110 valence electrons. The molecule has 1 fully saturated rings. The number of nitrogens with zero attached hydrogens (tertiary/aromatic N) is 2. The van der Waals surface area contributed by atoms with Crippen LogP contribution in [0.15, 0.2) is 36.5 Å². The summed E-state index contributed by atoms with van der Waals surface area (Å²) in [6, 6.07) is 9.77. The van der Waals surface area contributed by atoms with Crippen LogP contribution in [0, 0.1) is 4.77 Å². The minimum absolute atomic E-state index is 0.0540. The van der Waals surface area contributed by atoms with E-state index in [0.29, 0.717) is 23.7 Å². The Labute approximate surface area is 128 Å². The molecule has 1 saturated heterocycles. The predicted octanol–water partition coefficient (Wildman–Crippen LogP) is 2.40. The molecule has 0 saturated carbocycles. The van der Waals surface area contributed by atoms with Gasteiger partial charge in [0.25, 0.3) is 5.91 Å². The number of amides is 1. The van der Waals surface area contributed by atoms with E-state index < -0.39 is 0 Å². The molecule has 1 aliphatic heterocycles. The topological polar surface area (TPSA) is 50.3 Å². The summed E-state index contributed by atoms with van der Waals surface area (Å²) < 4.78 is 7.64. The van der Waals surface area contributed by atoms with Gasteiger partial charge in [-0.25, -0.2) is 0 Å². The minimum Gasteiger partial charge on any atom is -0.379 e. The van der Waals surface area contributed by atoms with E-state index in [-0.39, 0.29) is 11.9 Å². The molecule has 0 unspecified atom stereocenters. The van der Waals surface area contributed by atoms with Crippen LogP contribution in [0.1, 0.15) is 16.9 Å². The van der Waals surface area contributed by atoms with Gasteiger partial charge in [-0.3, -0.25) is 9.36 Å². The number of para-hydroxylation sites is 1. The maximum absolute atomic E-state index is 12.7. The number of likely N-dealkylation sites (N-methyl/N-ethyl adjacent to an activating group) is 1. The van der Waals surface area contributed by atoms with Gasteiger partial charge in [-0.05, 0) is 30.8 Å². The second-order valence-electron chi connectivity index (χ2n) is 5.08. The van der Waals surface area contributed by atoms with Gasteiger partial charge in [-0.15, -0.1) is 0 Å². The standard InChI is InChI=1S/C15H17N3O2S/c1-17(12-7-8-20-10-12)14(19)13-9-16-15(21)18(13)11-5-3-2-4-6-11/h2-6,9,12H,7-8,10H2,1H3,(H,16,21)/t12-/m1/s1. The molecule has 1 amide bonds. The van der Waals surface area contributed by atoms with E-state index in [1.807, 2.05) is 37.4 Å². The molecule has 1 aromatic heterocycles. The van der Waals surface area contributed by atoms with E-state index in [0.717, 1.165) is 12.1 Å². The SMILES string of the molecule is CN(C(=O)c1c[nH]c(=S)n1-c1ccccc1)[C@@H]1CCOC1. The number of ether oxygens (including phenoxy) is 1. The minimum atomic E-state index is -0.0540. The third kappa shape index (κ3) is 2.64. The Morgan fingerprint density at radius 3 is 2.86 bits per heavy atom. The lowest BCUT2D eigenvalue weighted by Gasteiger charge is -2.23. The first kappa shape index (κ1) is 14.0. The highest BCUT2D eigenvalue weighted by atomic mass is 32.1. The Morgan fingerprint density at radius 2 is 2.19 bits per heavy atom. The molecule has 1 atom stereocenters. The first-order valence-corrected chi connectivity index (χ1v) is 7.30. The van der Waals surface area contributed by atoms with Crippen molar-refractivity contribution in [3.63, 3.8) is 0 Å². The molecular weight excluding hydrogens is 286 g/mol. The van der Waals surface area contributed by atoms with E-state index in [1.54, 1.807) is 15.7 Å². The molecule has 2 heterocycles. The lowest BCUT2D eigenvalue weighted by Crippen LogP contribution is -2.38. The van der Waals surface area contributed by atoms with Gasteiger partial charge in [0, 0.05) is 25.5 Å². The molecule has 0 spiro atoms. The van der Waals surface area contributed by atoms with Gasteiger partial charge in [0.1, 0.15) is 5.69 Å². The molecular formula is C15H17N3O2S. The van der Waals surface area contributed by atoms with Crippen molar-refractivity contribution in [2.24, 2.45) is 0 Å². The quantitative estimate of drug-likeness (QED) is 0.886. The van der Waals surface area contributed by atoms with Crippen LogP contribution in [-0.2, 0) is 4.74 Å². The normalized spacial score (nSPS) is 17.9. The number of H-pyrrole nitrogens is 1. The first-order chi connectivity index (χ1) is 10.2. The number of imidazole rings is 1. The number of rotatable bonds is 3. The number of benzene rings is 1. The fourth-order valence-corrected chi connectivity index (χ4v) is 2.80. The molecule has 0 aliphatic carbocycles. The summed E-state index contributed by atoms with van der Waals surface area (Å²) >= 11 is 5.31. The Balaban J connectivity index is 1.96. The zero-order chi connectivity index (χ0) is 14.8. The largest absolute Gasteiger partial charge is 0.379 e. The summed E-state index contributed by atoms with van der Waals surface area (Å²) in [4.78, 5) is 17.4. The zero-order valence-electron chi connectivity index (χ0n) is 11.8. The molecule has 1 aromatic carbocycles. The average Bonchev–Trinajstić information content (AvgIpc) is 3.16. The number of hydrogen-bond donors (Lipinski definition) is 1. The van der Waals surface area contributed by atoms with Crippen molar-refractivity contribution in [1.29, 1.82) is 0 Å². The van der Waals surface area contributed by atoms with Crippen molar-refractivity contribution in [2.75, 3.05) is 20.3 Å². The van der Waals surface area contributed by atoms with Crippen molar-refractivity contribution >= 4 is 18.1 Å². The fraction of sp³-hybridized carbons (Fsp3) is 0.333. The number of aromatic amines is 1. The number of nitrogens with one attached hydrogen (secondary N) is 1. The van der Waals surface area contributed by atoms with Gasteiger partial charge in [0.2, 0.25) is 0 Å². The van der Waals surface area contributed by atoms with Gasteiger partial charge >= 0.3 is 0 Å². The summed E-state index contributed by atoms with van der Waals surface area (Å²) in [5, 5.41) is 0. The van der Waals surface area contributed by atoms with E-state index in [2.05, 4.69) is 4.98 Å². The van der Waals surface area contributed by atoms with Crippen molar-refractivity contribution < 1.29 is 9.53 Å². The lowest BCUT2D eigenvalue weighted by molar-refractivity contribution is 0.0703. The molecule has 6 heteroatoms. The molecule has 2 aromatic rings. The van der Waals surface area contributed by atoms with Crippen LogP contribution in [0.5, 0.6) is 0 Å². The van der Waals surface area contributed by atoms with Gasteiger partial charge in [0.15, 0.2) is 4.77 Å². The monoisotopic (exact) mass is 303 g/mol. The van der Waals surface area contributed by atoms with E-state index in [1.165, 1.54) is 0 Å². The van der Waals surface area contributed by atoms with Gasteiger partial charge in [-0.1, -0.05) is 18.2 Å². The number of carbonyl (C=O) groups excluding carboxylic acids is 1. The van der Waals surface area contributed by atoms with Crippen LogP contribution < -0.4 is 0 Å². The van der Waals surface area contributed by atoms with Crippen molar-refractivity contribution in [3.8, 4) is 5.69 Å². The Kier molecular flexibility index (Phi) is 3.90. The molecule has 5 nitrogen and oxygen atoms in total. The second-order valence-corrected chi connectivity index (χ2v) is 5.47. The summed E-state index contributed by atoms with van der Waals surface area (Å²) in [5.74, 6) is -0.0540. The first-order valence-electron chi connectivity index (χ1n) is 6.89. The fourth-order valence-electron chi connectivity index (χ4n) is 2.53. The van der Waals surface area contributed by atoms with Gasteiger partial charge < -0.3 is 14.6 Å². The summed E-state index contributed by atoms with van der Waals surface area (Å²) in [6.45, 7) is 1.30. The molecule has 1 aliphatic rings. The number of aromatic nitrogens is 2. The van der Waals surface area contributed by atoms with E-state index in [4.69, 9.17) is 17.0 Å². The maximum atomic E-state index is 12.7. The molecule has 0 bridgehead atoms. The Bertz CT molecular complexity index is 686. The smallest absolute Gasteiger partial charge is 0.272 e. The third-order valence-corrected chi connectivity index (χ3v) is 4.08. The lowest BCUT2D eigenvalue weighted by atomic mass is 10.2. The van der Waals surface area contributed by atoms with Crippen LogP contribution in [0.2, 0.25) is 0 Å². The molecule has 21 heavy (non-hydrogen) atoms. The zero-order valence-corrected chi connectivity index (χ0v) is 12.6. The van der Waals surface area contributed by atoms with E-state index in [9.17, 15) is 4.79 Å². The highest BCUT2D eigenvalue weighted by Gasteiger charge is 2.27.